The molecule has 0 aliphatic rings. The van der Waals surface area contributed by atoms with Gasteiger partial charge in [-0.15, -0.1) is 0 Å². The van der Waals surface area contributed by atoms with Crippen LogP contribution >= 0.6 is 0 Å². The van der Waals surface area contributed by atoms with E-state index in [-0.39, 0.29) is 35.2 Å². The van der Waals surface area contributed by atoms with Crippen LogP contribution in [0.5, 0.6) is 11.5 Å². The number of hydrogen-bond donors (Lipinski definition) is 2. The summed E-state index contributed by atoms with van der Waals surface area (Å²) in [6.45, 7) is 3.97. The van der Waals surface area contributed by atoms with Gasteiger partial charge in [-0.2, -0.15) is 5.26 Å². The molecule has 0 atom stereocenters. The normalized spacial score (nSPS) is 11.2. The van der Waals surface area contributed by atoms with E-state index in [0.29, 0.717) is 0 Å². The van der Waals surface area contributed by atoms with E-state index < -0.39 is 5.97 Å². The molecule has 0 radical (unpaired) electrons. The highest BCUT2D eigenvalue weighted by molar-refractivity contribution is 5.98. The largest absolute Gasteiger partial charge is 0.504 e. The van der Waals surface area contributed by atoms with Crippen molar-refractivity contribution in [1.82, 2.24) is 0 Å². The lowest BCUT2D eigenvalue weighted by atomic mass is 10.1. The number of rotatable bonds is 4. The predicted octanol–water partition coefficient (Wildman–Crippen LogP) is 2.20. The summed E-state index contributed by atoms with van der Waals surface area (Å²) in [4.78, 5) is 11.6. The van der Waals surface area contributed by atoms with Crippen molar-refractivity contribution in [3.8, 4) is 17.6 Å². The Balaban J connectivity index is 2.97. The fourth-order valence-electron chi connectivity index (χ4n) is 1.28. The van der Waals surface area contributed by atoms with Gasteiger partial charge in [0, 0.05) is 5.56 Å². The van der Waals surface area contributed by atoms with Gasteiger partial charge in [0.25, 0.3) is 0 Å². The summed E-state index contributed by atoms with van der Waals surface area (Å²) in [5.41, 5.74) is -0.0559. The molecule has 100 valence electrons. The topological polar surface area (TPSA) is 90.6 Å². The summed E-state index contributed by atoms with van der Waals surface area (Å²) in [6, 6.07) is 5.99. The zero-order valence-corrected chi connectivity index (χ0v) is 10.8. The number of carbonyl (C=O) groups excluding carboxylic acids is 1. The van der Waals surface area contributed by atoms with Crippen LogP contribution < -0.4 is 0 Å². The van der Waals surface area contributed by atoms with Crippen LogP contribution in [0.1, 0.15) is 19.4 Å². The second-order valence-corrected chi connectivity index (χ2v) is 4.38. The van der Waals surface area contributed by atoms with Crippen LogP contribution in [0.25, 0.3) is 6.08 Å². The molecule has 5 nitrogen and oxygen atoms in total. The Labute approximate surface area is 111 Å². The fraction of sp³-hybridized carbons (Fsp3) is 0.286. The molecule has 1 aromatic carbocycles. The first-order valence-corrected chi connectivity index (χ1v) is 5.75. The molecule has 0 aromatic heterocycles. The zero-order chi connectivity index (χ0) is 14.4. The summed E-state index contributed by atoms with van der Waals surface area (Å²) in [7, 11) is 0. The summed E-state index contributed by atoms with van der Waals surface area (Å²) < 4.78 is 4.92. The summed E-state index contributed by atoms with van der Waals surface area (Å²) in [5, 5.41) is 27.8. The highest BCUT2D eigenvalue weighted by Crippen LogP contribution is 2.29. The van der Waals surface area contributed by atoms with Crippen LogP contribution in [0, 0.1) is 17.2 Å². The third-order valence-electron chi connectivity index (χ3n) is 2.23. The molecule has 1 aromatic rings. The van der Waals surface area contributed by atoms with Gasteiger partial charge in [-0.05, 0) is 18.1 Å². The van der Waals surface area contributed by atoms with Crippen LogP contribution in [-0.2, 0) is 9.53 Å². The van der Waals surface area contributed by atoms with Gasteiger partial charge in [-0.25, -0.2) is 4.79 Å². The van der Waals surface area contributed by atoms with Crippen molar-refractivity contribution in [3.05, 3.63) is 29.3 Å². The molecule has 19 heavy (non-hydrogen) atoms. The van der Waals surface area contributed by atoms with Crippen LogP contribution in [-0.4, -0.2) is 22.8 Å². The number of aromatic hydroxyl groups is 2. The molecule has 0 unspecified atom stereocenters. The maximum Gasteiger partial charge on any atom is 0.348 e. The molecule has 0 amide bonds. The van der Waals surface area contributed by atoms with Crippen molar-refractivity contribution in [2.75, 3.05) is 6.61 Å². The number of phenols is 2. The Bertz CT molecular complexity index is 541. The lowest BCUT2D eigenvalue weighted by molar-refractivity contribution is -0.139. The fourth-order valence-corrected chi connectivity index (χ4v) is 1.28. The molecular formula is C14H15NO4. The van der Waals surface area contributed by atoms with E-state index >= 15 is 0 Å². The molecule has 0 spiro atoms. The minimum Gasteiger partial charge on any atom is -0.504 e. The Morgan fingerprint density at radius 2 is 2.16 bits per heavy atom. The average molecular weight is 261 g/mol. The highest BCUT2D eigenvalue weighted by atomic mass is 16.5. The third-order valence-corrected chi connectivity index (χ3v) is 2.23. The predicted molar refractivity (Wildman–Crippen MR) is 69.2 cm³/mol. The lowest BCUT2D eigenvalue weighted by Crippen LogP contribution is -2.11. The van der Waals surface area contributed by atoms with Crippen LogP contribution in [0.15, 0.2) is 23.8 Å². The third kappa shape index (κ3) is 4.03. The van der Waals surface area contributed by atoms with Gasteiger partial charge in [0.1, 0.15) is 11.6 Å². The number of esters is 1. The Morgan fingerprint density at radius 1 is 1.47 bits per heavy atom. The van der Waals surface area contributed by atoms with E-state index in [1.165, 1.54) is 24.3 Å². The SMILES string of the molecule is CC(C)COC(=O)C(C#N)=Cc1cccc(O)c1O. The summed E-state index contributed by atoms with van der Waals surface area (Å²) in [6.07, 6.45) is 1.18. The van der Waals surface area contributed by atoms with Crippen LogP contribution in [0.3, 0.4) is 0 Å². The molecule has 1 rings (SSSR count). The monoisotopic (exact) mass is 261 g/mol. The maximum absolute atomic E-state index is 11.6. The van der Waals surface area contributed by atoms with Crippen molar-refractivity contribution in [2.45, 2.75) is 13.8 Å². The van der Waals surface area contributed by atoms with Gasteiger partial charge in [-0.1, -0.05) is 26.0 Å². The van der Waals surface area contributed by atoms with Crippen molar-refractivity contribution in [1.29, 1.82) is 5.26 Å². The van der Waals surface area contributed by atoms with Crippen molar-refractivity contribution in [3.63, 3.8) is 0 Å². The second kappa shape index (κ2) is 6.45. The minimum absolute atomic E-state index is 0.165. The van der Waals surface area contributed by atoms with E-state index in [2.05, 4.69) is 0 Å². The smallest absolute Gasteiger partial charge is 0.348 e. The molecule has 0 saturated heterocycles. The molecular weight excluding hydrogens is 246 g/mol. The number of benzene rings is 1. The number of ether oxygens (including phenoxy) is 1. The van der Waals surface area contributed by atoms with E-state index in [9.17, 15) is 15.0 Å². The molecule has 0 aliphatic heterocycles. The van der Waals surface area contributed by atoms with Gasteiger partial charge in [0.2, 0.25) is 0 Å². The second-order valence-electron chi connectivity index (χ2n) is 4.38. The molecule has 2 N–H and O–H groups in total. The summed E-state index contributed by atoms with van der Waals surface area (Å²) in [5.74, 6) is -1.29. The van der Waals surface area contributed by atoms with Crippen molar-refractivity contribution in [2.24, 2.45) is 5.92 Å². The van der Waals surface area contributed by atoms with E-state index in [1.807, 2.05) is 13.8 Å². The Morgan fingerprint density at radius 3 is 2.74 bits per heavy atom. The standard InChI is InChI=1S/C14H15NO4/c1-9(2)8-19-14(18)11(7-15)6-10-4-3-5-12(16)13(10)17/h3-6,9,16-17H,8H2,1-2H3. The number of para-hydroxylation sites is 1. The van der Waals surface area contributed by atoms with Gasteiger partial charge in [0.15, 0.2) is 11.5 Å². The first kappa shape index (κ1) is 14.6. The molecule has 0 heterocycles. The zero-order valence-electron chi connectivity index (χ0n) is 10.8. The number of nitriles is 1. The lowest BCUT2D eigenvalue weighted by Gasteiger charge is -2.06. The first-order valence-electron chi connectivity index (χ1n) is 5.75. The van der Waals surface area contributed by atoms with Crippen molar-refractivity contribution < 1.29 is 19.7 Å². The summed E-state index contributed by atoms with van der Waals surface area (Å²) >= 11 is 0. The van der Waals surface area contributed by atoms with Crippen LogP contribution in [0.4, 0.5) is 0 Å². The van der Waals surface area contributed by atoms with Crippen LogP contribution in [0.2, 0.25) is 0 Å². The highest BCUT2D eigenvalue weighted by Gasteiger charge is 2.13. The molecule has 0 saturated carbocycles. The number of phenolic OH excluding ortho intramolecular Hbond substituents is 2. The minimum atomic E-state index is -0.751. The quantitative estimate of drug-likeness (QED) is 0.375. The molecule has 0 bridgehead atoms. The molecule has 5 heteroatoms. The number of nitrogens with zero attached hydrogens (tertiary/aromatic N) is 1. The number of carbonyl (C=O) groups is 1. The van der Waals surface area contributed by atoms with Gasteiger partial charge >= 0.3 is 5.97 Å². The number of hydrogen-bond acceptors (Lipinski definition) is 5. The van der Waals surface area contributed by atoms with E-state index in [4.69, 9.17) is 10.00 Å². The molecule has 0 fully saturated rings. The van der Waals surface area contributed by atoms with E-state index in [1.54, 1.807) is 6.07 Å². The van der Waals surface area contributed by atoms with Gasteiger partial charge in [0.05, 0.1) is 6.61 Å². The van der Waals surface area contributed by atoms with Gasteiger partial charge in [-0.3, -0.25) is 0 Å². The average Bonchev–Trinajstić information content (AvgIpc) is 2.37. The molecule has 0 aliphatic carbocycles. The Hall–Kier alpha value is -2.48. The van der Waals surface area contributed by atoms with Gasteiger partial charge < -0.3 is 14.9 Å². The Kier molecular flexibility index (Phi) is 4.95. The maximum atomic E-state index is 11.6. The van der Waals surface area contributed by atoms with E-state index in [0.717, 1.165) is 0 Å². The van der Waals surface area contributed by atoms with Crippen molar-refractivity contribution >= 4 is 12.0 Å². The first-order chi connectivity index (χ1) is 8.95.